The van der Waals surface area contributed by atoms with Gasteiger partial charge in [-0.15, -0.1) is 0 Å². The molecule has 1 fully saturated rings. The van der Waals surface area contributed by atoms with Gasteiger partial charge < -0.3 is 4.90 Å². The number of amides is 1. The normalized spacial score (nSPS) is 16.0. The van der Waals surface area contributed by atoms with Crippen LogP contribution >= 0.6 is 15.9 Å². The van der Waals surface area contributed by atoms with Crippen LogP contribution in [-0.2, 0) is 10.0 Å². The summed E-state index contributed by atoms with van der Waals surface area (Å²) in [5.41, 5.74) is 0.663. The number of carbonyl (C=O) groups excluding carboxylic acids is 1. The van der Waals surface area contributed by atoms with E-state index in [1.165, 1.54) is 0 Å². The molecule has 0 bridgehead atoms. The molecule has 1 aliphatic rings. The van der Waals surface area contributed by atoms with Crippen LogP contribution in [0.25, 0.3) is 0 Å². The van der Waals surface area contributed by atoms with Gasteiger partial charge >= 0.3 is 0 Å². The molecule has 1 saturated heterocycles. The van der Waals surface area contributed by atoms with Crippen molar-refractivity contribution in [2.75, 3.05) is 13.1 Å². The Hall–Kier alpha value is -1.70. The molecule has 0 unspecified atom stereocenters. The average Bonchev–Trinajstić information content (AvgIpc) is 2.62. The van der Waals surface area contributed by atoms with Crippen molar-refractivity contribution in [3.05, 3.63) is 64.6 Å². The first-order chi connectivity index (χ1) is 12.0. The van der Waals surface area contributed by atoms with E-state index in [0.29, 0.717) is 31.5 Å². The van der Waals surface area contributed by atoms with Crippen molar-refractivity contribution in [1.29, 1.82) is 0 Å². The van der Waals surface area contributed by atoms with Gasteiger partial charge in [0.05, 0.1) is 4.90 Å². The first-order valence-electron chi connectivity index (χ1n) is 8.08. The zero-order chi connectivity index (χ0) is 17.9. The van der Waals surface area contributed by atoms with Crippen LogP contribution in [0.5, 0.6) is 0 Å². The Kier molecular flexibility index (Phi) is 5.56. The third-order valence-corrected chi connectivity index (χ3v) is 6.31. The maximum atomic E-state index is 12.4. The largest absolute Gasteiger partial charge is 0.339 e. The van der Waals surface area contributed by atoms with Crippen LogP contribution in [-0.4, -0.2) is 38.4 Å². The number of likely N-dealkylation sites (tertiary alicyclic amines) is 1. The Labute approximate surface area is 156 Å². The number of hydrogen-bond donors (Lipinski definition) is 1. The fraction of sp³-hybridized carbons (Fsp3) is 0.278. The number of sulfonamides is 1. The summed E-state index contributed by atoms with van der Waals surface area (Å²) in [5, 5.41) is 0. The predicted molar refractivity (Wildman–Crippen MR) is 99.8 cm³/mol. The third-order valence-electron chi connectivity index (χ3n) is 4.25. The van der Waals surface area contributed by atoms with Crippen molar-refractivity contribution in [2.45, 2.75) is 23.8 Å². The molecule has 2 aromatic carbocycles. The van der Waals surface area contributed by atoms with Crippen LogP contribution < -0.4 is 4.72 Å². The number of piperidine rings is 1. The second-order valence-electron chi connectivity index (χ2n) is 6.01. The van der Waals surface area contributed by atoms with E-state index in [1.54, 1.807) is 41.3 Å². The molecule has 0 atom stereocenters. The molecule has 25 heavy (non-hydrogen) atoms. The van der Waals surface area contributed by atoms with Crippen molar-refractivity contribution in [3.8, 4) is 0 Å². The molecule has 1 amide bonds. The number of carbonyl (C=O) groups is 1. The number of benzene rings is 2. The van der Waals surface area contributed by atoms with E-state index in [2.05, 4.69) is 20.7 Å². The fourth-order valence-corrected chi connectivity index (χ4v) is 4.43. The van der Waals surface area contributed by atoms with Gasteiger partial charge in [0.2, 0.25) is 10.0 Å². The molecule has 0 radical (unpaired) electrons. The lowest BCUT2D eigenvalue weighted by Crippen LogP contribution is -2.46. The second kappa shape index (κ2) is 7.68. The molecule has 3 rings (SSSR count). The summed E-state index contributed by atoms with van der Waals surface area (Å²) in [5.74, 6) is -0.00480. The van der Waals surface area contributed by atoms with Crippen molar-refractivity contribution in [1.82, 2.24) is 9.62 Å². The predicted octanol–water partition coefficient (Wildman–Crippen LogP) is 3.03. The number of nitrogens with zero attached hydrogens (tertiary/aromatic N) is 1. The van der Waals surface area contributed by atoms with E-state index in [9.17, 15) is 13.2 Å². The van der Waals surface area contributed by atoms with Gasteiger partial charge in [0.25, 0.3) is 5.91 Å². The number of nitrogens with one attached hydrogen (secondary N) is 1. The lowest BCUT2D eigenvalue weighted by atomic mass is 10.0. The molecule has 0 saturated carbocycles. The average molecular weight is 423 g/mol. The summed E-state index contributed by atoms with van der Waals surface area (Å²) >= 11 is 3.30. The monoisotopic (exact) mass is 422 g/mol. The standard InChI is InChI=1S/C18H19BrN2O3S/c19-15-6-8-17(9-7-15)25(23,24)20-16-10-12-21(13-11-16)18(22)14-4-2-1-3-5-14/h1-9,16,20H,10-13H2. The van der Waals surface area contributed by atoms with Gasteiger partial charge in [-0.2, -0.15) is 0 Å². The highest BCUT2D eigenvalue weighted by atomic mass is 79.9. The highest BCUT2D eigenvalue weighted by molar-refractivity contribution is 9.10. The summed E-state index contributed by atoms with van der Waals surface area (Å²) in [4.78, 5) is 14.5. The van der Waals surface area contributed by atoms with E-state index in [-0.39, 0.29) is 16.8 Å². The molecule has 0 spiro atoms. The van der Waals surface area contributed by atoms with Gasteiger partial charge in [0, 0.05) is 29.2 Å². The quantitative estimate of drug-likeness (QED) is 0.822. The van der Waals surface area contributed by atoms with Gasteiger partial charge in [0.1, 0.15) is 0 Å². The Morgan fingerprint density at radius 3 is 2.20 bits per heavy atom. The van der Waals surface area contributed by atoms with Gasteiger partial charge in [-0.1, -0.05) is 34.1 Å². The SMILES string of the molecule is O=C(c1ccccc1)N1CCC(NS(=O)(=O)c2ccc(Br)cc2)CC1. The third kappa shape index (κ3) is 4.48. The lowest BCUT2D eigenvalue weighted by molar-refractivity contribution is 0.0711. The Bertz CT molecular complexity index is 830. The van der Waals surface area contributed by atoms with Gasteiger partial charge in [-0.05, 0) is 49.2 Å². The first-order valence-corrected chi connectivity index (χ1v) is 10.4. The molecular formula is C18H19BrN2O3S. The molecule has 0 aliphatic carbocycles. The topological polar surface area (TPSA) is 66.5 Å². The van der Waals surface area contributed by atoms with Crippen LogP contribution in [0.3, 0.4) is 0 Å². The zero-order valence-electron chi connectivity index (χ0n) is 13.6. The molecule has 2 aromatic rings. The van der Waals surface area contributed by atoms with E-state index in [0.717, 1.165) is 4.47 Å². The van der Waals surface area contributed by atoms with Crippen LogP contribution in [0.4, 0.5) is 0 Å². The maximum absolute atomic E-state index is 12.4. The summed E-state index contributed by atoms with van der Waals surface area (Å²) in [6.45, 7) is 1.09. The van der Waals surface area contributed by atoms with Gasteiger partial charge in [0.15, 0.2) is 0 Å². The van der Waals surface area contributed by atoms with Gasteiger partial charge in [-0.3, -0.25) is 4.79 Å². The minimum Gasteiger partial charge on any atom is -0.339 e. The van der Waals surface area contributed by atoms with E-state index in [4.69, 9.17) is 0 Å². The molecule has 5 nitrogen and oxygen atoms in total. The molecule has 1 aliphatic heterocycles. The van der Waals surface area contributed by atoms with Crippen LogP contribution in [0, 0.1) is 0 Å². The number of hydrogen-bond acceptors (Lipinski definition) is 3. The van der Waals surface area contributed by atoms with E-state index in [1.807, 2.05) is 18.2 Å². The Balaban J connectivity index is 1.59. The second-order valence-corrected chi connectivity index (χ2v) is 8.64. The molecule has 132 valence electrons. The smallest absolute Gasteiger partial charge is 0.253 e. The van der Waals surface area contributed by atoms with Crippen LogP contribution in [0.2, 0.25) is 0 Å². The van der Waals surface area contributed by atoms with E-state index >= 15 is 0 Å². The minimum atomic E-state index is -3.54. The van der Waals surface area contributed by atoms with Crippen molar-refractivity contribution >= 4 is 31.9 Å². The Morgan fingerprint density at radius 2 is 1.60 bits per heavy atom. The van der Waals surface area contributed by atoms with E-state index < -0.39 is 10.0 Å². The van der Waals surface area contributed by atoms with Crippen LogP contribution in [0.15, 0.2) is 64.0 Å². The maximum Gasteiger partial charge on any atom is 0.253 e. The molecule has 0 aromatic heterocycles. The van der Waals surface area contributed by atoms with Crippen molar-refractivity contribution in [2.24, 2.45) is 0 Å². The first kappa shape index (κ1) is 18.1. The zero-order valence-corrected chi connectivity index (χ0v) is 16.0. The summed E-state index contributed by atoms with van der Waals surface area (Å²) in [6.07, 6.45) is 1.21. The summed E-state index contributed by atoms with van der Waals surface area (Å²) < 4.78 is 28.5. The number of halogens is 1. The highest BCUT2D eigenvalue weighted by Crippen LogP contribution is 2.18. The van der Waals surface area contributed by atoms with Gasteiger partial charge in [-0.25, -0.2) is 13.1 Å². The molecule has 1 heterocycles. The fourth-order valence-electron chi connectivity index (χ4n) is 2.86. The van der Waals surface area contributed by atoms with Crippen molar-refractivity contribution < 1.29 is 13.2 Å². The van der Waals surface area contributed by atoms with Crippen molar-refractivity contribution in [3.63, 3.8) is 0 Å². The number of rotatable bonds is 4. The lowest BCUT2D eigenvalue weighted by Gasteiger charge is -2.32. The minimum absolute atomic E-state index is 0.00480. The Morgan fingerprint density at radius 1 is 1.00 bits per heavy atom. The molecule has 7 heteroatoms. The highest BCUT2D eigenvalue weighted by Gasteiger charge is 2.27. The molecule has 1 N–H and O–H groups in total. The van der Waals surface area contributed by atoms with Crippen LogP contribution in [0.1, 0.15) is 23.2 Å². The summed E-state index contributed by atoms with van der Waals surface area (Å²) in [6, 6.07) is 15.5. The molecular weight excluding hydrogens is 404 g/mol. The summed E-state index contributed by atoms with van der Waals surface area (Å²) in [7, 11) is -3.54.